The number of carbonyl (C=O) groups excluding carboxylic acids is 1. The fourth-order valence-corrected chi connectivity index (χ4v) is 2.38. The first kappa shape index (κ1) is 17.0. The fraction of sp³-hybridized carbons (Fsp3) is 0.412. The van der Waals surface area contributed by atoms with Crippen LogP contribution in [-0.4, -0.2) is 32.8 Å². The number of aliphatic hydroxyl groups excluding tert-OH is 1. The van der Waals surface area contributed by atoms with E-state index in [1.54, 1.807) is 12.5 Å². The number of urea groups is 1. The number of aromatic nitrogens is 2. The van der Waals surface area contributed by atoms with Crippen LogP contribution in [0, 0.1) is 0 Å². The standard InChI is InChI=1S/C17H24N4O2/c1-3-17(2,8-11-22)20-16(23)19-12-14-6-4-5-7-15(14)21-10-9-18-13-21/h4-7,9-10,13,22H,3,8,11-12H2,1-2H3,(H2,19,20,23). The number of hydrogen-bond donors (Lipinski definition) is 3. The molecule has 1 aromatic carbocycles. The molecule has 1 unspecified atom stereocenters. The second-order valence-corrected chi connectivity index (χ2v) is 5.79. The summed E-state index contributed by atoms with van der Waals surface area (Å²) in [7, 11) is 0. The number of imidazole rings is 1. The summed E-state index contributed by atoms with van der Waals surface area (Å²) in [4.78, 5) is 16.2. The van der Waals surface area contributed by atoms with Crippen molar-refractivity contribution in [1.29, 1.82) is 0 Å². The average Bonchev–Trinajstić information content (AvgIpc) is 3.07. The third-order valence-corrected chi connectivity index (χ3v) is 4.07. The van der Waals surface area contributed by atoms with E-state index in [4.69, 9.17) is 5.11 Å². The number of benzene rings is 1. The molecule has 1 heterocycles. The van der Waals surface area contributed by atoms with Crippen molar-refractivity contribution in [3.05, 3.63) is 48.5 Å². The van der Waals surface area contributed by atoms with Gasteiger partial charge in [-0.3, -0.25) is 0 Å². The summed E-state index contributed by atoms with van der Waals surface area (Å²) in [5, 5.41) is 14.9. The lowest BCUT2D eigenvalue weighted by Crippen LogP contribution is -2.50. The van der Waals surface area contributed by atoms with Crippen LogP contribution in [0.25, 0.3) is 5.69 Å². The zero-order valence-corrected chi connectivity index (χ0v) is 13.6. The quantitative estimate of drug-likeness (QED) is 0.733. The first-order chi connectivity index (χ1) is 11.1. The average molecular weight is 316 g/mol. The maximum Gasteiger partial charge on any atom is 0.315 e. The smallest absolute Gasteiger partial charge is 0.315 e. The Morgan fingerprint density at radius 2 is 2.17 bits per heavy atom. The van der Waals surface area contributed by atoms with E-state index in [1.165, 1.54) is 0 Å². The van der Waals surface area contributed by atoms with Crippen LogP contribution in [0.4, 0.5) is 4.79 Å². The van der Waals surface area contributed by atoms with Crippen LogP contribution < -0.4 is 10.6 Å². The van der Waals surface area contributed by atoms with Crippen molar-refractivity contribution in [3.8, 4) is 5.69 Å². The molecule has 0 aliphatic rings. The van der Waals surface area contributed by atoms with Crippen molar-refractivity contribution in [2.24, 2.45) is 0 Å². The van der Waals surface area contributed by atoms with Gasteiger partial charge in [-0.15, -0.1) is 0 Å². The van der Waals surface area contributed by atoms with Crippen molar-refractivity contribution in [1.82, 2.24) is 20.2 Å². The molecule has 0 saturated carbocycles. The van der Waals surface area contributed by atoms with Crippen molar-refractivity contribution in [3.63, 3.8) is 0 Å². The van der Waals surface area contributed by atoms with Crippen LogP contribution in [0.1, 0.15) is 32.3 Å². The lowest BCUT2D eigenvalue weighted by molar-refractivity contribution is 0.200. The van der Waals surface area contributed by atoms with E-state index in [-0.39, 0.29) is 12.6 Å². The minimum absolute atomic E-state index is 0.0497. The maximum atomic E-state index is 12.1. The monoisotopic (exact) mass is 316 g/mol. The Balaban J connectivity index is 2.00. The molecular weight excluding hydrogens is 292 g/mol. The molecule has 0 saturated heterocycles. The molecule has 124 valence electrons. The SMILES string of the molecule is CCC(C)(CCO)NC(=O)NCc1ccccc1-n1ccnc1. The molecule has 23 heavy (non-hydrogen) atoms. The predicted octanol–water partition coefficient (Wildman–Crippen LogP) is 2.22. The molecule has 6 nitrogen and oxygen atoms in total. The first-order valence-corrected chi connectivity index (χ1v) is 7.81. The van der Waals surface area contributed by atoms with Gasteiger partial charge in [0.2, 0.25) is 0 Å². The van der Waals surface area contributed by atoms with E-state index < -0.39 is 5.54 Å². The van der Waals surface area contributed by atoms with E-state index in [1.807, 2.05) is 48.9 Å². The van der Waals surface area contributed by atoms with Gasteiger partial charge in [0, 0.05) is 31.1 Å². The molecule has 6 heteroatoms. The summed E-state index contributed by atoms with van der Waals surface area (Å²) in [5.74, 6) is 0. The minimum Gasteiger partial charge on any atom is -0.396 e. The summed E-state index contributed by atoms with van der Waals surface area (Å²) < 4.78 is 1.91. The number of carbonyl (C=O) groups is 1. The molecule has 0 aliphatic carbocycles. The van der Waals surface area contributed by atoms with Crippen molar-refractivity contribution in [2.75, 3.05) is 6.61 Å². The zero-order valence-electron chi connectivity index (χ0n) is 13.6. The van der Waals surface area contributed by atoms with Gasteiger partial charge >= 0.3 is 6.03 Å². The highest BCUT2D eigenvalue weighted by Crippen LogP contribution is 2.15. The largest absolute Gasteiger partial charge is 0.396 e. The number of rotatable bonds is 7. The normalized spacial score (nSPS) is 13.3. The lowest BCUT2D eigenvalue weighted by Gasteiger charge is -2.29. The molecule has 2 aromatic rings. The first-order valence-electron chi connectivity index (χ1n) is 7.81. The molecule has 0 bridgehead atoms. The number of nitrogens with zero attached hydrogens (tertiary/aromatic N) is 2. The number of para-hydroxylation sites is 1. The third kappa shape index (κ3) is 4.56. The van der Waals surface area contributed by atoms with E-state index in [0.29, 0.717) is 13.0 Å². The summed E-state index contributed by atoms with van der Waals surface area (Å²) in [6.45, 7) is 4.39. The van der Waals surface area contributed by atoms with Crippen molar-refractivity contribution >= 4 is 6.03 Å². The topological polar surface area (TPSA) is 79.2 Å². The summed E-state index contributed by atoms with van der Waals surface area (Å²) in [6.07, 6.45) is 6.61. The highest BCUT2D eigenvalue weighted by atomic mass is 16.3. The molecule has 1 atom stereocenters. The second-order valence-electron chi connectivity index (χ2n) is 5.79. The summed E-state index contributed by atoms with van der Waals surface area (Å²) in [5.41, 5.74) is 1.59. The van der Waals surface area contributed by atoms with E-state index in [2.05, 4.69) is 15.6 Å². The van der Waals surface area contributed by atoms with Crippen molar-refractivity contribution in [2.45, 2.75) is 38.8 Å². The van der Waals surface area contributed by atoms with Gasteiger partial charge in [-0.25, -0.2) is 9.78 Å². The van der Waals surface area contributed by atoms with Crippen LogP contribution in [0.3, 0.4) is 0 Å². The molecule has 2 amide bonds. The van der Waals surface area contributed by atoms with Gasteiger partial charge in [-0.05, 0) is 31.4 Å². The van der Waals surface area contributed by atoms with Crippen LogP contribution in [0.2, 0.25) is 0 Å². The Bertz CT molecular complexity index is 627. The Labute approximate surface area is 136 Å². The van der Waals surface area contributed by atoms with Gasteiger partial charge in [0.1, 0.15) is 0 Å². The Morgan fingerprint density at radius 1 is 1.39 bits per heavy atom. The molecule has 2 rings (SSSR count). The second kappa shape index (κ2) is 7.78. The molecule has 0 spiro atoms. The molecule has 0 radical (unpaired) electrons. The summed E-state index contributed by atoms with van der Waals surface area (Å²) >= 11 is 0. The molecule has 0 fully saturated rings. The van der Waals surface area contributed by atoms with Crippen LogP contribution in [0.5, 0.6) is 0 Å². The van der Waals surface area contributed by atoms with Gasteiger partial charge in [-0.2, -0.15) is 0 Å². The van der Waals surface area contributed by atoms with Crippen LogP contribution >= 0.6 is 0 Å². The van der Waals surface area contributed by atoms with E-state index in [9.17, 15) is 4.79 Å². The molecule has 0 aliphatic heterocycles. The number of aliphatic hydroxyl groups is 1. The molecule has 3 N–H and O–H groups in total. The van der Waals surface area contributed by atoms with Gasteiger partial charge in [-0.1, -0.05) is 25.1 Å². The van der Waals surface area contributed by atoms with Gasteiger partial charge in [0.05, 0.1) is 12.0 Å². The lowest BCUT2D eigenvalue weighted by atomic mass is 9.95. The minimum atomic E-state index is -0.400. The number of nitrogens with one attached hydrogen (secondary N) is 2. The zero-order chi connectivity index (χ0) is 16.7. The number of amides is 2. The Kier molecular flexibility index (Phi) is 5.76. The van der Waals surface area contributed by atoms with Crippen LogP contribution in [0.15, 0.2) is 43.0 Å². The van der Waals surface area contributed by atoms with Crippen LogP contribution in [-0.2, 0) is 6.54 Å². The molecule has 1 aromatic heterocycles. The van der Waals surface area contributed by atoms with Gasteiger partial charge < -0.3 is 20.3 Å². The van der Waals surface area contributed by atoms with Crippen molar-refractivity contribution < 1.29 is 9.90 Å². The summed E-state index contributed by atoms with van der Waals surface area (Å²) in [6, 6.07) is 7.62. The van der Waals surface area contributed by atoms with Gasteiger partial charge in [0.25, 0.3) is 0 Å². The maximum absolute atomic E-state index is 12.1. The fourth-order valence-electron chi connectivity index (χ4n) is 2.38. The number of hydrogen-bond acceptors (Lipinski definition) is 3. The molecular formula is C17H24N4O2. The van der Waals surface area contributed by atoms with E-state index >= 15 is 0 Å². The van der Waals surface area contributed by atoms with Gasteiger partial charge in [0.15, 0.2) is 0 Å². The highest BCUT2D eigenvalue weighted by molar-refractivity contribution is 5.74. The highest BCUT2D eigenvalue weighted by Gasteiger charge is 2.23. The van der Waals surface area contributed by atoms with E-state index in [0.717, 1.165) is 17.7 Å². The Hall–Kier alpha value is -2.34. The Morgan fingerprint density at radius 3 is 2.83 bits per heavy atom. The predicted molar refractivity (Wildman–Crippen MR) is 89.3 cm³/mol. The third-order valence-electron chi connectivity index (χ3n) is 4.07.